The summed E-state index contributed by atoms with van der Waals surface area (Å²) in [5.74, 6) is 1.65. The molecule has 0 spiro atoms. The van der Waals surface area contributed by atoms with Gasteiger partial charge in [0.15, 0.2) is 0 Å². The Morgan fingerprint density at radius 1 is 1.19 bits per heavy atom. The first-order chi connectivity index (χ1) is 9.88. The number of nitrogens with zero attached hydrogens (tertiary/aromatic N) is 1. The molecule has 2 aliphatic rings. The molecular formula is C17H34N2OS. The summed E-state index contributed by atoms with van der Waals surface area (Å²) in [6, 6.07) is 0.623. The molecule has 1 saturated carbocycles. The van der Waals surface area contributed by atoms with Crippen LogP contribution in [-0.4, -0.2) is 54.1 Å². The van der Waals surface area contributed by atoms with E-state index < -0.39 is 0 Å². The number of ether oxygens (including phenoxy) is 1. The van der Waals surface area contributed by atoms with Gasteiger partial charge in [0.05, 0.1) is 12.2 Å². The van der Waals surface area contributed by atoms with Crippen molar-refractivity contribution in [2.75, 3.05) is 25.4 Å². The van der Waals surface area contributed by atoms with Crippen molar-refractivity contribution in [3.63, 3.8) is 0 Å². The summed E-state index contributed by atoms with van der Waals surface area (Å²) in [6.07, 6.45) is 5.75. The van der Waals surface area contributed by atoms with Gasteiger partial charge in [-0.25, -0.2) is 0 Å². The Kier molecular flexibility index (Phi) is 6.42. The molecule has 0 amide bonds. The van der Waals surface area contributed by atoms with Crippen molar-refractivity contribution in [3.8, 4) is 0 Å². The number of rotatable bonds is 7. The molecule has 1 saturated heterocycles. The van der Waals surface area contributed by atoms with E-state index in [2.05, 4.69) is 50.5 Å². The van der Waals surface area contributed by atoms with Crippen LogP contribution in [0.3, 0.4) is 0 Å². The van der Waals surface area contributed by atoms with Crippen molar-refractivity contribution in [2.45, 2.75) is 77.2 Å². The molecule has 3 nitrogen and oxygen atoms in total. The van der Waals surface area contributed by atoms with Crippen LogP contribution < -0.4 is 5.32 Å². The van der Waals surface area contributed by atoms with Crippen LogP contribution in [0.25, 0.3) is 0 Å². The third kappa shape index (κ3) is 5.74. The molecule has 2 fully saturated rings. The predicted octanol–water partition coefficient (Wildman–Crippen LogP) is 2.95. The second-order valence-corrected chi connectivity index (χ2v) is 8.32. The Morgan fingerprint density at radius 2 is 1.81 bits per heavy atom. The minimum absolute atomic E-state index is 0.140. The summed E-state index contributed by atoms with van der Waals surface area (Å²) in [7, 11) is 0. The molecule has 124 valence electrons. The highest BCUT2D eigenvalue weighted by atomic mass is 32.1. The molecule has 0 aromatic heterocycles. The summed E-state index contributed by atoms with van der Waals surface area (Å²) in [4.78, 5) is 2.59. The van der Waals surface area contributed by atoms with Crippen molar-refractivity contribution >= 4 is 12.6 Å². The Balaban J connectivity index is 1.59. The van der Waals surface area contributed by atoms with E-state index in [1.54, 1.807) is 0 Å². The summed E-state index contributed by atoms with van der Waals surface area (Å²) >= 11 is 4.40. The van der Waals surface area contributed by atoms with Gasteiger partial charge in [-0.1, -0.05) is 13.8 Å². The zero-order chi connectivity index (χ0) is 15.5. The van der Waals surface area contributed by atoms with Crippen molar-refractivity contribution in [2.24, 2.45) is 5.92 Å². The maximum atomic E-state index is 6.27. The third-order valence-corrected chi connectivity index (χ3v) is 5.42. The Bertz CT molecular complexity index is 308. The minimum atomic E-state index is 0.140. The van der Waals surface area contributed by atoms with Gasteiger partial charge >= 0.3 is 0 Å². The van der Waals surface area contributed by atoms with E-state index in [0.29, 0.717) is 18.2 Å². The first-order valence-electron chi connectivity index (χ1n) is 8.64. The van der Waals surface area contributed by atoms with Gasteiger partial charge < -0.3 is 15.0 Å². The second kappa shape index (κ2) is 7.67. The van der Waals surface area contributed by atoms with Crippen LogP contribution in [0, 0.1) is 5.92 Å². The molecule has 4 heteroatoms. The average Bonchev–Trinajstić information content (AvgIpc) is 2.37. The Hall–Kier alpha value is 0.230. The molecule has 0 bridgehead atoms. The maximum Gasteiger partial charge on any atom is 0.0608 e. The molecule has 1 N–H and O–H groups in total. The molecule has 1 aliphatic carbocycles. The first-order valence-corrected chi connectivity index (χ1v) is 9.27. The van der Waals surface area contributed by atoms with Gasteiger partial charge in [0.2, 0.25) is 0 Å². The molecule has 0 unspecified atom stereocenters. The summed E-state index contributed by atoms with van der Waals surface area (Å²) in [5, 5.41) is 3.67. The van der Waals surface area contributed by atoms with E-state index >= 15 is 0 Å². The van der Waals surface area contributed by atoms with E-state index in [-0.39, 0.29) is 5.54 Å². The largest absolute Gasteiger partial charge is 0.375 e. The van der Waals surface area contributed by atoms with Gasteiger partial charge in [-0.2, -0.15) is 12.6 Å². The normalized spacial score (nSPS) is 28.9. The zero-order valence-electron chi connectivity index (χ0n) is 14.3. The summed E-state index contributed by atoms with van der Waals surface area (Å²) in [5.41, 5.74) is 0.140. The van der Waals surface area contributed by atoms with Gasteiger partial charge in [0.25, 0.3) is 0 Å². The van der Waals surface area contributed by atoms with Crippen LogP contribution >= 0.6 is 12.6 Å². The fourth-order valence-corrected chi connectivity index (χ4v) is 3.50. The molecule has 0 aromatic carbocycles. The van der Waals surface area contributed by atoms with Gasteiger partial charge in [-0.15, -0.1) is 0 Å². The lowest BCUT2D eigenvalue weighted by Gasteiger charge is -2.43. The van der Waals surface area contributed by atoms with Crippen LogP contribution in [0.5, 0.6) is 0 Å². The second-order valence-electron chi connectivity index (χ2n) is 8.01. The number of piperidine rings is 1. The standard InChI is InChI=1S/C17H34N2OS/c1-13(2)11-19-7-5-15(6-8-19)20-16-9-14(10-16)18-17(3,4)12-21/h13-16,18,21H,5-12H2,1-4H3/t14-,16-. The lowest BCUT2D eigenvalue weighted by molar-refractivity contribution is -0.0870. The number of hydrogen-bond donors (Lipinski definition) is 2. The van der Waals surface area contributed by atoms with Crippen LogP contribution in [0.1, 0.15) is 53.4 Å². The number of likely N-dealkylation sites (tertiary alicyclic amines) is 1. The molecule has 1 heterocycles. The lowest BCUT2D eigenvalue weighted by Crippen LogP contribution is -2.55. The molecule has 0 radical (unpaired) electrons. The first kappa shape index (κ1) is 17.6. The molecule has 2 rings (SSSR count). The van der Waals surface area contributed by atoms with E-state index in [1.807, 2.05) is 0 Å². The van der Waals surface area contributed by atoms with Crippen LogP contribution in [0.2, 0.25) is 0 Å². The smallest absolute Gasteiger partial charge is 0.0608 e. The van der Waals surface area contributed by atoms with E-state index in [0.717, 1.165) is 11.7 Å². The van der Waals surface area contributed by atoms with Gasteiger partial charge in [-0.3, -0.25) is 0 Å². The highest BCUT2D eigenvalue weighted by molar-refractivity contribution is 7.80. The van der Waals surface area contributed by atoms with E-state index in [4.69, 9.17) is 4.74 Å². The van der Waals surface area contributed by atoms with E-state index in [9.17, 15) is 0 Å². The molecule has 0 aromatic rings. The van der Waals surface area contributed by atoms with Crippen molar-refractivity contribution < 1.29 is 4.74 Å². The quantitative estimate of drug-likeness (QED) is 0.707. The summed E-state index contributed by atoms with van der Waals surface area (Å²) in [6.45, 7) is 12.7. The topological polar surface area (TPSA) is 24.5 Å². The Labute approximate surface area is 136 Å². The Morgan fingerprint density at radius 3 is 2.33 bits per heavy atom. The number of nitrogens with one attached hydrogen (secondary N) is 1. The average molecular weight is 315 g/mol. The molecular weight excluding hydrogens is 280 g/mol. The minimum Gasteiger partial charge on any atom is -0.375 e. The molecule has 21 heavy (non-hydrogen) atoms. The van der Waals surface area contributed by atoms with Crippen LogP contribution in [0.15, 0.2) is 0 Å². The third-order valence-electron chi connectivity index (χ3n) is 4.63. The van der Waals surface area contributed by atoms with E-state index in [1.165, 1.54) is 45.3 Å². The number of hydrogen-bond acceptors (Lipinski definition) is 4. The molecule has 0 atom stereocenters. The maximum absolute atomic E-state index is 6.27. The van der Waals surface area contributed by atoms with Crippen molar-refractivity contribution in [3.05, 3.63) is 0 Å². The molecule has 1 aliphatic heterocycles. The lowest BCUT2D eigenvalue weighted by atomic mass is 9.87. The van der Waals surface area contributed by atoms with Gasteiger partial charge in [0.1, 0.15) is 0 Å². The predicted molar refractivity (Wildman–Crippen MR) is 93.3 cm³/mol. The SMILES string of the molecule is CC(C)CN1CCC(O[C@H]2C[C@H](NC(C)(C)CS)C2)CC1. The summed E-state index contributed by atoms with van der Waals surface area (Å²) < 4.78 is 6.27. The van der Waals surface area contributed by atoms with Crippen molar-refractivity contribution in [1.82, 2.24) is 10.2 Å². The zero-order valence-corrected chi connectivity index (χ0v) is 15.2. The number of thiol groups is 1. The van der Waals surface area contributed by atoms with Gasteiger partial charge in [-0.05, 0) is 45.4 Å². The van der Waals surface area contributed by atoms with Crippen LogP contribution in [0.4, 0.5) is 0 Å². The van der Waals surface area contributed by atoms with Crippen LogP contribution in [-0.2, 0) is 4.74 Å². The highest BCUT2D eigenvalue weighted by Crippen LogP contribution is 2.29. The van der Waals surface area contributed by atoms with Gasteiger partial charge in [0, 0.05) is 37.0 Å². The van der Waals surface area contributed by atoms with Crippen molar-refractivity contribution in [1.29, 1.82) is 0 Å². The fourth-order valence-electron chi connectivity index (χ4n) is 3.41. The highest BCUT2D eigenvalue weighted by Gasteiger charge is 2.35. The monoisotopic (exact) mass is 314 g/mol. The fraction of sp³-hybridized carbons (Fsp3) is 1.00.